The van der Waals surface area contributed by atoms with Crippen molar-refractivity contribution in [3.05, 3.63) is 66.1 Å². The number of anilines is 1. The highest BCUT2D eigenvalue weighted by molar-refractivity contribution is 5.67. The Hall–Kier alpha value is -3.39. The summed E-state index contributed by atoms with van der Waals surface area (Å²) < 4.78 is 11.0. The van der Waals surface area contributed by atoms with E-state index >= 15 is 0 Å². The van der Waals surface area contributed by atoms with Gasteiger partial charge in [-0.1, -0.05) is 43.2 Å². The molecular weight excluding hydrogens is 454 g/mol. The molecule has 8 nitrogen and oxygen atoms in total. The van der Waals surface area contributed by atoms with Gasteiger partial charge in [0.25, 0.3) is 0 Å². The van der Waals surface area contributed by atoms with Crippen LogP contribution < -0.4 is 15.5 Å². The van der Waals surface area contributed by atoms with E-state index in [1.165, 1.54) is 12.1 Å². The van der Waals surface area contributed by atoms with Crippen molar-refractivity contribution in [2.45, 2.75) is 70.2 Å². The topological polar surface area (TPSA) is 92.5 Å². The number of nitrogens with zero attached hydrogens (tertiary/aromatic N) is 3. The maximum Gasteiger partial charge on any atom is 0.407 e. The lowest BCUT2D eigenvalue weighted by molar-refractivity contribution is 0.128. The number of benzene rings is 2. The largest absolute Gasteiger partial charge is 0.445 e. The predicted octanol–water partition coefficient (Wildman–Crippen LogP) is 4.84. The van der Waals surface area contributed by atoms with Crippen molar-refractivity contribution in [1.82, 2.24) is 20.8 Å². The van der Waals surface area contributed by atoms with Gasteiger partial charge in [0.2, 0.25) is 11.8 Å². The molecule has 2 aliphatic rings. The lowest BCUT2D eigenvalue weighted by atomic mass is 9.89. The molecule has 1 aromatic heterocycles. The Balaban J connectivity index is 1.15. The van der Waals surface area contributed by atoms with E-state index in [4.69, 9.17) is 9.15 Å². The normalized spacial score (nSPS) is 22.2. The average Bonchev–Trinajstić information content (AvgIpc) is 3.36. The Labute approximate surface area is 212 Å². The Bertz CT molecular complexity index is 1120. The molecular formula is C28H35N5O3. The van der Waals surface area contributed by atoms with Gasteiger partial charge in [-0.15, -0.1) is 10.2 Å². The third kappa shape index (κ3) is 6.23. The van der Waals surface area contributed by atoms with Crippen LogP contribution in [0.15, 0.2) is 59.0 Å². The van der Waals surface area contributed by atoms with Gasteiger partial charge in [0.15, 0.2) is 0 Å². The number of nitrogens with one attached hydrogen (secondary N) is 2. The van der Waals surface area contributed by atoms with Crippen LogP contribution in [0.5, 0.6) is 0 Å². The predicted molar refractivity (Wildman–Crippen MR) is 139 cm³/mol. The highest BCUT2D eigenvalue weighted by Crippen LogP contribution is 2.26. The quantitative estimate of drug-likeness (QED) is 0.491. The van der Waals surface area contributed by atoms with Gasteiger partial charge in [-0.3, -0.25) is 0 Å². The number of carbonyl (C=O) groups excluding carboxylic acids is 1. The number of hydrogen-bond acceptors (Lipinski definition) is 7. The summed E-state index contributed by atoms with van der Waals surface area (Å²) in [7, 11) is 0. The molecule has 3 atom stereocenters. The van der Waals surface area contributed by atoms with E-state index in [1.54, 1.807) is 6.92 Å². The molecule has 1 aliphatic heterocycles. The first-order chi connectivity index (χ1) is 17.6. The molecule has 2 N–H and O–H groups in total. The third-order valence-corrected chi connectivity index (χ3v) is 7.16. The summed E-state index contributed by atoms with van der Waals surface area (Å²) in [4.78, 5) is 14.9. The van der Waals surface area contributed by atoms with Crippen LogP contribution in [0.1, 0.15) is 50.0 Å². The van der Waals surface area contributed by atoms with Crippen LogP contribution in [0.25, 0.3) is 11.5 Å². The number of aryl methyl sites for hydroxylation is 1. The van der Waals surface area contributed by atoms with Gasteiger partial charge in [0, 0.05) is 49.4 Å². The molecule has 1 saturated carbocycles. The van der Waals surface area contributed by atoms with Crippen LogP contribution in [0.3, 0.4) is 0 Å². The lowest BCUT2D eigenvalue weighted by Crippen LogP contribution is -2.57. The standard InChI is InChI=1S/C28H35N5O3/c1-20-31-32-27(36-20)22-13-15-24(16-14-22)33-17-7-10-23(18-33)29-25-11-5-6-12-26(25)30-28(34)35-19-21-8-3-2-4-9-21/h2-4,8-9,13-16,23,25-26,29H,5-7,10-12,17-19H2,1H3,(H,30,34)/t23-,25+,26+/m0/s1. The van der Waals surface area contributed by atoms with E-state index in [0.717, 1.165) is 56.3 Å². The van der Waals surface area contributed by atoms with E-state index in [-0.39, 0.29) is 18.2 Å². The lowest BCUT2D eigenvalue weighted by Gasteiger charge is -2.40. The van der Waals surface area contributed by atoms with Crippen LogP contribution in [0.2, 0.25) is 0 Å². The summed E-state index contributed by atoms with van der Waals surface area (Å²) >= 11 is 0. The van der Waals surface area contributed by atoms with Crippen LogP contribution in [-0.4, -0.2) is 47.5 Å². The number of ether oxygens (including phenoxy) is 1. The van der Waals surface area contributed by atoms with Crippen molar-refractivity contribution in [1.29, 1.82) is 0 Å². The highest BCUT2D eigenvalue weighted by Gasteiger charge is 2.30. The molecule has 2 heterocycles. The minimum Gasteiger partial charge on any atom is -0.445 e. The Morgan fingerprint density at radius 1 is 1.00 bits per heavy atom. The van der Waals surface area contributed by atoms with E-state index in [2.05, 4.69) is 37.9 Å². The summed E-state index contributed by atoms with van der Waals surface area (Å²) in [6.45, 7) is 4.07. The zero-order chi connectivity index (χ0) is 24.7. The smallest absolute Gasteiger partial charge is 0.407 e. The summed E-state index contributed by atoms with van der Waals surface area (Å²) in [5.41, 5.74) is 3.12. The van der Waals surface area contributed by atoms with Crippen molar-refractivity contribution in [2.75, 3.05) is 18.0 Å². The number of alkyl carbamates (subject to hydrolysis) is 1. The number of carbonyl (C=O) groups is 1. The van der Waals surface area contributed by atoms with Crippen molar-refractivity contribution < 1.29 is 13.9 Å². The van der Waals surface area contributed by atoms with Gasteiger partial charge in [-0.25, -0.2) is 4.79 Å². The molecule has 1 aliphatic carbocycles. The summed E-state index contributed by atoms with van der Waals surface area (Å²) in [5, 5.41) is 15.0. The number of rotatable bonds is 7. The fourth-order valence-corrected chi connectivity index (χ4v) is 5.30. The second-order valence-corrected chi connectivity index (χ2v) is 9.83. The fourth-order valence-electron chi connectivity index (χ4n) is 5.30. The third-order valence-electron chi connectivity index (χ3n) is 7.16. The molecule has 3 aromatic rings. The Morgan fingerprint density at radius 3 is 2.53 bits per heavy atom. The van der Waals surface area contributed by atoms with E-state index in [0.29, 0.717) is 24.4 Å². The number of amides is 1. The van der Waals surface area contributed by atoms with Crippen LogP contribution in [-0.2, 0) is 11.3 Å². The molecule has 1 amide bonds. The molecule has 0 radical (unpaired) electrons. The molecule has 2 aromatic carbocycles. The van der Waals surface area contributed by atoms with E-state index < -0.39 is 0 Å². The fraction of sp³-hybridized carbons (Fsp3) is 0.464. The molecule has 0 spiro atoms. The summed E-state index contributed by atoms with van der Waals surface area (Å²) in [5.74, 6) is 1.12. The van der Waals surface area contributed by atoms with Crippen molar-refractivity contribution in [2.24, 2.45) is 0 Å². The second-order valence-electron chi connectivity index (χ2n) is 9.83. The molecule has 190 valence electrons. The van der Waals surface area contributed by atoms with Gasteiger partial charge in [0.05, 0.1) is 0 Å². The van der Waals surface area contributed by atoms with Crippen molar-refractivity contribution in [3.63, 3.8) is 0 Å². The zero-order valence-electron chi connectivity index (χ0n) is 20.9. The van der Waals surface area contributed by atoms with E-state index in [1.807, 2.05) is 42.5 Å². The first-order valence-corrected chi connectivity index (χ1v) is 13.0. The van der Waals surface area contributed by atoms with Crippen molar-refractivity contribution in [3.8, 4) is 11.5 Å². The molecule has 36 heavy (non-hydrogen) atoms. The Kier molecular flexibility index (Phi) is 7.81. The minimum absolute atomic E-state index is 0.0922. The molecule has 1 saturated heterocycles. The molecule has 0 unspecified atom stereocenters. The minimum atomic E-state index is -0.334. The van der Waals surface area contributed by atoms with Gasteiger partial charge in [-0.05, 0) is 55.5 Å². The Morgan fingerprint density at radius 2 is 1.78 bits per heavy atom. The molecule has 5 rings (SSSR count). The van der Waals surface area contributed by atoms with Gasteiger partial charge in [-0.2, -0.15) is 0 Å². The maximum atomic E-state index is 12.5. The molecule has 8 heteroatoms. The molecule has 2 fully saturated rings. The zero-order valence-corrected chi connectivity index (χ0v) is 20.9. The summed E-state index contributed by atoms with van der Waals surface area (Å²) in [6.07, 6.45) is 6.29. The first-order valence-electron chi connectivity index (χ1n) is 13.0. The van der Waals surface area contributed by atoms with Crippen molar-refractivity contribution >= 4 is 11.8 Å². The van der Waals surface area contributed by atoms with Crippen LogP contribution in [0, 0.1) is 6.92 Å². The number of aromatic nitrogens is 2. The maximum absolute atomic E-state index is 12.5. The molecule has 0 bridgehead atoms. The first kappa shape index (κ1) is 24.3. The van der Waals surface area contributed by atoms with Gasteiger partial charge >= 0.3 is 6.09 Å². The SMILES string of the molecule is Cc1nnc(-c2ccc(N3CCC[C@H](N[C@@H]4CCCC[C@H]4NC(=O)OCc4ccccc4)C3)cc2)o1. The number of piperidine rings is 1. The second kappa shape index (κ2) is 11.6. The van der Waals surface area contributed by atoms with Gasteiger partial charge in [0.1, 0.15) is 6.61 Å². The average molecular weight is 490 g/mol. The number of hydrogen-bond donors (Lipinski definition) is 2. The van der Waals surface area contributed by atoms with Crippen LogP contribution in [0.4, 0.5) is 10.5 Å². The highest BCUT2D eigenvalue weighted by atomic mass is 16.5. The van der Waals surface area contributed by atoms with Crippen LogP contribution >= 0.6 is 0 Å². The summed E-state index contributed by atoms with van der Waals surface area (Å²) in [6, 6.07) is 18.9. The van der Waals surface area contributed by atoms with E-state index in [9.17, 15) is 4.79 Å². The van der Waals surface area contributed by atoms with Gasteiger partial charge < -0.3 is 24.7 Å². The monoisotopic (exact) mass is 489 g/mol.